The van der Waals surface area contributed by atoms with Gasteiger partial charge in [0.25, 0.3) is 0 Å². The average molecular weight is 354 g/mol. The standard InChI is InChI=1S/C15H13BrFNO3/c1-20-14-8-12(17)11(16)7-13(14)18-15(19)21-9-10-5-3-2-4-6-10/h2-8H,9H2,1H3,(H,18,19). The van der Waals surface area contributed by atoms with Crippen LogP contribution in [0.25, 0.3) is 0 Å². The van der Waals surface area contributed by atoms with E-state index in [1.807, 2.05) is 30.3 Å². The van der Waals surface area contributed by atoms with Gasteiger partial charge < -0.3 is 9.47 Å². The molecule has 0 saturated carbocycles. The van der Waals surface area contributed by atoms with Gasteiger partial charge in [0, 0.05) is 6.07 Å². The molecule has 1 amide bonds. The number of halogens is 2. The van der Waals surface area contributed by atoms with E-state index < -0.39 is 11.9 Å². The van der Waals surface area contributed by atoms with Crippen molar-refractivity contribution in [3.05, 3.63) is 58.3 Å². The predicted octanol–water partition coefficient (Wildman–Crippen LogP) is 4.35. The molecule has 0 aliphatic carbocycles. The molecule has 4 nitrogen and oxygen atoms in total. The lowest BCUT2D eigenvalue weighted by Gasteiger charge is -2.11. The molecule has 110 valence electrons. The van der Waals surface area contributed by atoms with Gasteiger partial charge in [-0.15, -0.1) is 0 Å². The Morgan fingerprint density at radius 3 is 2.67 bits per heavy atom. The molecule has 0 radical (unpaired) electrons. The zero-order valence-corrected chi connectivity index (χ0v) is 12.8. The molecule has 0 atom stereocenters. The van der Waals surface area contributed by atoms with E-state index in [0.717, 1.165) is 5.56 Å². The molecule has 2 aromatic rings. The van der Waals surface area contributed by atoms with Crippen LogP contribution in [0.2, 0.25) is 0 Å². The molecule has 2 rings (SSSR count). The van der Waals surface area contributed by atoms with Gasteiger partial charge in [-0.05, 0) is 27.6 Å². The molecular weight excluding hydrogens is 341 g/mol. The number of benzene rings is 2. The highest BCUT2D eigenvalue weighted by atomic mass is 79.9. The fourth-order valence-electron chi connectivity index (χ4n) is 1.66. The highest BCUT2D eigenvalue weighted by Crippen LogP contribution is 2.30. The lowest BCUT2D eigenvalue weighted by Crippen LogP contribution is -2.14. The van der Waals surface area contributed by atoms with E-state index in [9.17, 15) is 9.18 Å². The first kappa shape index (κ1) is 15.3. The zero-order valence-electron chi connectivity index (χ0n) is 11.2. The molecule has 6 heteroatoms. The number of hydrogen-bond donors (Lipinski definition) is 1. The van der Waals surface area contributed by atoms with E-state index >= 15 is 0 Å². The van der Waals surface area contributed by atoms with Crippen molar-refractivity contribution in [2.24, 2.45) is 0 Å². The van der Waals surface area contributed by atoms with Crippen LogP contribution in [-0.2, 0) is 11.3 Å². The van der Waals surface area contributed by atoms with E-state index in [4.69, 9.17) is 9.47 Å². The summed E-state index contributed by atoms with van der Waals surface area (Å²) in [4.78, 5) is 11.8. The Labute approximate surface area is 130 Å². The average Bonchev–Trinajstić information content (AvgIpc) is 2.49. The first-order valence-electron chi connectivity index (χ1n) is 6.11. The van der Waals surface area contributed by atoms with Gasteiger partial charge in [0.2, 0.25) is 0 Å². The predicted molar refractivity (Wildman–Crippen MR) is 80.9 cm³/mol. The summed E-state index contributed by atoms with van der Waals surface area (Å²) in [6, 6.07) is 11.9. The van der Waals surface area contributed by atoms with E-state index in [1.54, 1.807) is 0 Å². The van der Waals surface area contributed by atoms with Crippen LogP contribution in [0.5, 0.6) is 5.75 Å². The Kier molecular flexibility index (Phi) is 5.16. The fraction of sp³-hybridized carbons (Fsp3) is 0.133. The molecule has 2 aromatic carbocycles. The van der Waals surface area contributed by atoms with E-state index in [0.29, 0.717) is 5.69 Å². The molecule has 0 fully saturated rings. The Morgan fingerprint density at radius 1 is 1.29 bits per heavy atom. The van der Waals surface area contributed by atoms with Gasteiger partial charge in [0.1, 0.15) is 18.2 Å². The molecule has 21 heavy (non-hydrogen) atoms. The van der Waals surface area contributed by atoms with Gasteiger partial charge in [-0.2, -0.15) is 0 Å². The highest BCUT2D eigenvalue weighted by Gasteiger charge is 2.12. The van der Waals surface area contributed by atoms with Crippen molar-refractivity contribution in [2.45, 2.75) is 6.61 Å². The molecule has 0 aliphatic heterocycles. The van der Waals surface area contributed by atoms with E-state index in [-0.39, 0.29) is 16.8 Å². The van der Waals surface area contributed by atoms with Crippen LogP contribution in [0.3, 0.4) is 0 Å². The summed E-state index contributed by atoms with van der Waals surface area (Å²) >= 11 is 3.05. The van der Waals surface area contributed by atoms with Crippen LogP contribution in [-0.4, -0.2) is 13.2 Å². The molecule has 0 spiro atoms. The quantitative estimate of drug-likeness (QED) is 0.888. The number of ether oxygens (including phenoxy) is 2. The first-order chi connectivity index (χ1) is 10.1. The number of rotatable bonds is 4. The molecule has 0 bridgehead atoms. The van der Waals surface area contributed by atoms with Gasteiger partial charge in [-0.3, -0.25) is 5.32 Å². The van der Waals surface area contributed by atoms with Crippen molar-refractivity contribution >= 4 is 27.7 Å². The summed E-state index contributed by atoms with van der Waals surface area (Å²) in [5, 5.41) is 2.52. The van der Waals surface area contributed by atoms with Crippen LogP contribution in [0, 0.1) is 5.82 Å². The van der Waals surface area contributed by atoms with Crippen LogP contribution < -0.4 is 10.1 Å². The minimum absolute atomic E-state index is 0.150. The molecule has 0 unspecified atom stereocenters. The topological polar surface area (TPSA) is 47.6 Å². The normalized spacial score (nSPS) is 10.0. The second-order valence-electron chi connectivity index (χ2n) is 4.15. The molecular formula is C15H13BrFNO3. The lowest BCUT2D eigenvalue weighted by molar-refractivity contribution is 0.155. The van der Waals surface area contributed by atoms with Crippen molar-refractivity contribution in [3.8, 4) is 5.75 Å². The molecule has 0 saturated heterocycles. The SMILES string of the molecule is COc1cc(F)c(Br)cc1NC(=O)OCc1ccccc1. The minimum Gasteiger partial charge on any atom is -0.494 e. The number of anilines is 1. The number of nitrogens with one attached hydrogen (secondary N) is 1. The van der Waals surface area contributed by atoms with Gasteiger partial charge in [0.15, 0.2) is 0 Å². The Hall–Kier alpha value is -2.08. The van der Waals surface area contributed by atoms with Crippen molar-refractivity contribution < 1.29 is 18.7 Å². The first-order valence-corrected chi connectivity index (χ1v) is 6.90. The lowest BCUT2D eigenvalue weighted by atomic mass is 10.2. The van der Waals surface area contributed by atoms with Gasteiger partial charge in [0.05, 0.1) is 17.3 Å². The van der Waals surface area contributed by atoms with Crippen molar-refractivity contribution in [3.63, 3.8) is 0 Å². The van der Waals surface area contributed by atoms with Crippen molar-refractivity contribution in [2.75, 3.05) is 12.4 Å². The van der Waals surface area contributed by atoms with Gasteiger partial charge in [-0.25, -0.2) is 9.18 Å². The summed E-state index contributed by atoms with van der Waals surface area (Å²) in [7, 11) is 1.39. The fourth-order valence-corrected chi connectivity index (χ4v) is 2.01. The smallest absolute Gasteiger partial charge is 0.412 e. The number of methoxy groups -OCH3 is 1. The molecule has 0 aromatic heterocycles. The maximum atomic E-state index is 13.4. The number of carbonyl (C=O) groups excluding carboxylic acids is 1. The monoisotopic (exact) mass is 353 g/mol. The van der Waals surface area contributed by atoms with Gasteiger partial charge in [-0.1, -0.05) is 30.3 Å². The summed E-state index contributed by atoms with van der Waals surface area (Å²) in [6.07, 6.45) is -0.643. The second-order valence-corrected chi connectivity index (χ2v) is 5.01. The molecule has 0 aliphatic rings. The third-order valence-electron chi connectivity index (χ3n) is 2.69. The third-order valence-corrected chi connectivity index (χ3v) is 3.30. The van der Waals surface area contributed by atoms with Crippen LogP contribution >= 0.6 is 15.9 Å². The minimum atomic E-state index is -0.643. The molecule has 0 heterocycles. The number of carbonyl (C=O) groups is 1. The Bertz CT molecular complexity index is 634. The Morgan fingerprint density at radius 2 is 2.00 bits per heavy atom. The third kappa shape index (κ3) is 4.19. The summed E-state index contributed by atoms with van der Waals surface area (Å²) in [5.41, 5.74) is 1.20. The van der Waals surface area contributed by atoms with Gasteiger partial charge >= 0.3 is 6.09 Å². The summed E-state index contributed by atoms with van der Waals surface area (Å²) < 4.78 is 23.7. The number of hydrogen-bond acceptors (Lipinski definition) is 3. The molecule has 1 N–H and O–H groups in total. The zero-order chi connectivity index (χ0) is 15.2. The van der Waals surface area contributed by atoms with Crippen LogP contribution in [0.15, 0.2) is 46.9 Å². The second kappa shape index (κ2) is 7.08. The summed E-state index contributed by atoms with van der Waals surface area (Å²) in [5.74, 6) is -0.262. The highest BCUT2D eigenvalue weighted by molar-refractivity contribution is 9.10. The number of amides is 1. The van der Waals surface area contributed by atoms with Crippen molar-refractivity contribution in [1.82, 2.24) is 0 Å². The van der Waals surface area contributed by atoms with Crippen molar-refractivity contribution in [1.29, 1.82) is 0 Å². The maximum Gasteiger partial charge on any atom is 0.412 e. The van der Waals surface area contributed by atoms with E-state index in [1.165, 1.54) is 19.2 Å². The largest absolute Gasteiger partial charge is 0.494 e. The Balaban J connectivity index is 2.01. The maximum absolute atomic E-state index is 13.4. The van der Waals surface area contributed by atoms with Crippen LogP contribution in [0.4, 0.5) is 14.9 Å². The van der Waals surface area contributed by atoms with Crippen LogP contribution in [0.1, 0.15) is 5.56 Å². The summed E-state index contributed by atoms with van der Waals surface area (Å²) in [6.45, 7) is 0.150. The van der Waals surface area contributed by atoms with E-state index in [2.05, 4.69) is 21.2 Å².